The maximum Gasteiger partial charge on any atom is 0.0790 e. The minimum Gasteiger partial charge on any atom is -0.324 e. The molecule has 0 spiro atoms. The van der Waals surface area contributed by atoms with Gasteiger partial charge in [0.2, 0.25) is 0 Å². The average molecular weight is 256 g/mol. The predicted octanol–water partition coefficient (Wildman–Crippen LogP) is 3.20. The van der Waals surface area contributed by atoms with Gasteiger partial charge in [-0.2, -0.15) is 5.10 Å². The number of aromatic nitrogens is 2. The van der Waals surface area contributed by atoms with Crippen LogP contribution in [0, 0.1) is 0 Å². The van der Waals surface area contributed by atoms with Crippen LogP contribution in [0.15, 0.2) is 30.6 Å². The number of benzene rings is 1. The molecular weight excluding hydrogens is 245 g/mol. The fourth-order valence-corrected chi connectivity index (χ4v) is 1.95. The Bertz CT molecular complexity index is 506. The van der Waals surface area contributed by atoms with Gasteiger partial charge in [-0.1, -0.05) is 29.3 Å². The molecule has 16 heavy (non-hydrogen) atoms. The molecule has 0 amide bonds. The number of nitrogens with zero attached hydrogens (tertiary/aromatic N) is 2. The Balaban J connectivity index is 2.42. The molecule has 0 aliphatic rings. The molecule has 5 heteroatoms. The first-order valence-electron chi connectivity index (χ1n) is 4.83. The first kappa shape index (κ1) is 11.5. The SMILES string of the molecule is CC(N)c1ccc(-n2cc(Cl)cn2)cc1Cl. The zero-order chi connectivity index (χ0) is 11.7. The molecular formula is C11H11Cl2N3. The highest BCUT2D eigenvalue weighted by molar-refractivity contribution is 6.31. The van der Waals surface area contributed by atoms with Crippen LogP contribution < -0.4 is 5.73 Å². The molecule has 0 bridgehead atoms. The van der Waals surface area contributed by atoms with Gasteiger partial charge in [0, 0.05) is 17.3 Å². The maximum absolute atomic E-state index is 6.13. The first-order valence-corrected chi connectivity index (χ1v) is 5.59. The third-order valence-electron chi connectivity index (χ3n) is 2.29. The average Bonchev–Trinajstić information content (AvgIpc) is 2.64. The summed E-state index contributed by atoms with van der Waals surface area (Å²) < 4.78 is 1.67. The number of hydrogen-bond donors (Lipinski definition) is 1. The molecule has 0 saturated heterocycles. The van der Waals surface area contributed by atoms with Crippen LogP contribution in [-0.2, 0) is 0 Å². The van der Waals surface area contributed by atoms with Gasteiger partial charge in [-0.05, 0) is 24.6 Å². The van der Waals surface area contributed by atoms with Crippen LogP contribution in [0.1, 0.15) is 18.5 Å². The zero-order valence-corrected chi connectivity index (χ0v) is 10.2. The van der Waals surface area contributed by atoms with Crippen molar-refractivity contribution in [3.8, 4) is 5.69 Å². The highest BCUT2D eigenvalue weighted by Crippen LogP contribution is 2.24. The minimum absolute atomic E-state index is 0.0808. The van der Waals surface area contributed by atoms with Crippen molar-refractivity contribution in [1.29, 1.82) is 0 Å². The highest BCUT2D eigenvalue weighted by Gasteiger charge is 2.07. The van der Waals surface area contributed by atoms with E-state index in [4.69, 9.17) is 28.9 Å². The van der Waals surface area contributed by atoms with Gasteiger partial charge in [0.05, 0.1) is 16.9 Å². The van der Waals surface area contributed by atoms with E-state index in [1.807, 2.05) is 25.1 Å². The molecule has 1 unspecified atom stereocenters. The standard InChI is InChI=1S/C11H11Cl2N3/c1-7(14)10-3-2-9(4-11(10)13)16-6-8(12)5-15-16/h2-7H,14H2,1H3. The largest absolute Gasteiger partial charge is 0.324 e. The Morgan fingerprint density at radius 1 is 1.38 bits per heavy atom. The van der Waals surface area contributed by atoms with E-state index in [9.17, 15) is 0 Å². The Kier molecular flexibility index (Phi) is 3.19. The second-order valence-corrected chi connectivity index (χ2v) is 4.44. The van der Waals surface area contributed by atoms with Gasteiger partial charge in [0.15, 0.2) is 0 Å². The van der Waals surface area contributed by atoms with Crippen molar-refractivity contribution in [2.75, 3.05) is 0 Å². The molecule has 1 aromatic carbocycles. The van der Waals surface area contributed by atoms with Gasteiger partial charge in [-0.3, -0.25) is 0 Å². The first-order chi connectivity index (χ1) is 7.58. The van der Waals surface area contributed by atoms with Crippen molar-refractivity contribution in [3.05, 3.63) is 46.2 Å². The summed E-state index contributed by atoms with van der Waals surface area (Å²) in [6.07, 6.45) is 3.30. The molecule has 2 rings (SSSR count). The summed E-state index contributed by atoms with van der Waals surface area (Å²) in [5.74, 6) is 0. The lowest BCUT2D eigenvalue weighted by molar-refractivity contribution is 0.814. The monoisotopic (exact) mass is 255 g/mol. The number of nitrogens with two attached hydrogens (primary N) is 1. The summed E-state index contributed by atoms with van der Waals surface area (Å²) in [5.41, 5.74) is 7.56. The molecule has 3 nitrogen and oxygen atoms in total. The van der Waals surface area contributed by atoms with E-state index in [2.05, 4.69) is 5.10 Å². The Morgan fingerprint density at radius 2 is 2.12 bits per heavy atom. The van der Waals surface area contributed by atoms with E-state index in [-0.39, 0.29) is 6.04 Å². The van der Waals surface area contributed by atoms with Crippen LogP contribution >= 0.6 is 23.2 Å². The van der Waals surface area contributed by atoms with E-state index < -0.39 is 0 Å². The molecule has 0 aliphatic heterocycles. The van der Waals surface area contributed by atoms with Crippen molar-refractivity contribution in [1.82, 2.24) is 9.78 Å². The second kappa shape index (κ2) is 4.45. The molecule has 1 atom stereocenters. The summed E-state index contributed by atoms with van der Waals surface area (Å²) in [7, 11) is 0. The van der Waals surface area contributed by atoms with Gasteiger partial charge >= 0.3 is 0 Å². The van der Waals surface area contributed by atoms with Crippen molar-refractivity contribution in [2.45, 2.75) is 13.0 Å². The topological polar surface area (TPSA) is 43.8 Å². The molecule has 0 saturated carbocycles. The van der Waals surface area contributed by atoms with Crippen molar-refractivity contribution in [2.24, 2.45) is 5.73 Å². The number of halogens is 2. The lowest BCUT2D eigenvalue weighted by Crippen LogP contribution is -2.06. The van der Waals surface area contributed by atoms with Crippen molar-refractivity contribution >= 4 is 23.2 Å². The van der Waals surface area contributed by atoms with E-state index in [0.29, 0.717) is 10.0 Å². The van der Waals surface area contributed by atoms with Gasteiger partial charge in [0.1, 0.15) is 0 Å². The summed E-state index contributed by atoms with van der Waals surface area (Å²) in [6, 6.07) is 5.55. The van der Waals surface area contributed by atoms with Crippen LogP contribution in [0.25, 0.3) is 5.69 Å². The van der Waals surface area contributed by atoms with Gasteiger partial charge in [-0.25, -0.2) is 4.68 Å². The minimum atomic E-state index is -0.0808. The van der Waals surface area contributed by atoms with E-state index in [1.54, 1.807) is 17.1 Å². The van der Waals surface area contributed by atoms with Gasteiger partial charge in [0.25, 0.3) is 0 Å². The zero-order valence-electron chi connectivity index (χ0n) is 8.69. The van der Waals surface area contributed by atoms with Crippen molar-refractivity contribution in [3.63, 3.8) is 0 Å². The predicted molar refractivity (Wildman–Crippen MR) is 66.2 cm³/mol. The molecule has 84 valence electrons. The maximum atomic E-state index is 6.13. The Labute approximate surface area is 104 Å². The lowest BCUT2D eigenvalue weighted by atomic mass is 10.1. The fourth-order valence-electron chi connectivity index (χ4n) is 1.47. The van der Waals surface area contributed by atoms with Gasteiger partial charge < -0.3 is 5.73 Å². The second-order valence-electron chi connectivity index (χ2n) is 3.60. The van der Waals surface area contributed by atoms with Crippen LogP contribution in [0.5, 0.6) is 0 Å². The third kappa shape index (κ3) is 2.21. The summed E-state index contributed by atoms with van der Waals surface area (Å²) >= 11 is 11.9. The van der Waals surface area contributed by atoms with Crippen LogP contribution in [0.3, 0.4) is 0 Å². The molecule has 2 aromatic rings. The lowest BCUT2D eigenvalue weighted by Gasteiger charge is -2.09. The highest BCUT2D eigenvalue weighted by atomic mass is 35.5. The fraction of sp³-hybridized carbons (Fsp3) is 0.182. The van der Waals surface area contributed by atoms with Crippen LogP contribution in [-0.4, -0.2) is 9.78 Å². The van der Waals surface area contributed by atoms with E-state index in [1.165, 1.54) is 0 Å². The van der Waals surface area contributed by atoms with Gasteiger partial charge in [-0.15, -0.1) is 0 Å². The number of rotatable bonds is 2. The molecule has 0 aliphatic carbocycles. The molecule has 0 radical (unpaired) electrons. The quantitative estimate of drug-likeness (QED) is 0.896. The van der Waals surface area contributed by atoms with Crippen LogP contribution in [0.4, 0.5) is 0 Å². The molecule has 0 fully saturated rings. The van der Waals surface area contributed by atoms with Crippen LogP contribution in [0.2, 0.25) is 10.0 Å². The summed E-state index contributed by atoms with van der Waals surface area (Å²) in [5, 5.41) is 5.32. The smallest absolute Gasteiger partial charge is 0.0790 e. The Hall–Kier alpha value is -1.03. The third-order valence-corrected chi connectivity index (χ3v) is 2.81. The normalized spacial score (nSPS) is 12.8. The Morgan fingerprint density at radius 3 is 2.62 bits per heavy atom. The summed E-state index contributed by atoms with van der Waals surface area (Å²) in [6.45, 7) is 1.89. The van der Waals surface area contributed by atoms with Crippen molar-refractivity contribution < 1.29 is 0 Å². The molecule has 2 N–H and O–H groups in total. The number of hydrogen-bond acceptors (Lipinski definition) is 2. The van der Waals surface area contributed by atoms with E-state index in [0.717, 1.165) is 11.3 Å². The summed E-state index contributed by atoms with van der Waals surface area (Å²) in [4.78, 5) is 0. The van der Waals surface area contributed by atoms with E-state index >= 15 is 0 Å². The molecule has 1 aromatic heterocycles. The molecule has 1 heterocycles.